The molecule has 4 heterocycles. The molecule has 0 unspecified atom stereocenters. The maximum absolute atomic E-state index is 9.67. The number of aromatic nitrogens is 4. The Labute approximate surface area is 191 Å². The summed E-state index contributed by atoms with van der Waals surface area (Å²) in [6.07, 6.45) is 9.52. The molecule has 1 aliphatic rings. The molecule has 32 heavy (non-hydrogen) atoms. The molecule has 4 aromatic heterocycles. The Morgan fingerprint density at radius 2 is 2.09 bits per heavy atom. The molecule has 0 amide bonds. The van der Waals surface area contributed by atoms with Crippen molar-refractivity contribution in [1.29, 1.82) is 0 Å². The molecule has 0 bridgehead atoms. The smallest absolute Gasteiger partial charge is 0.163 e. The van der Waals surface area contributed by atoms with Gasteiger partial charge in [0, 0.05) is 11.6 Å². The first-order valence-corrected chi connectivity index (χ1v) is 12.2. The van der Waals surface area contributed by atoms with Crippen LogP contribution in [0.1, 0.15) is 50.5 Å². The average molecular weight is 449 g/mol. The van der Waals surface area contributed by atoms with Crippen molar-refractivity contribution < 1.29 is 5.11 Å². The van der Waals surface area contributed by atoms with E-state index in [9.17, 15) is 5.11 Å². The molecule has 1 saturated carbocycles. The summed E-state index contributed by atoms with van der Waals surface area (Å²) in [4.78, 5) is 10.7. The van der Waals surface area contributed by atoms with E-state index in [0.29, 0.717) is 5.92 Å². The lowest BCUT2D eigenvalue weighted by Crippen LogP contribution is -2.23. The monoisotopic (exact) mass is 448 g/mol. The third kappa shape index (κ3) is 4.20. The molecule has 1 aliphatic carbocycles. The van der Waals surface area contributed by atoms with E-state index in [0.717, 1.165) is 40.0 Å². The van der Waals surface area contributed by atoms with Gasteiger partial charge >= 0.3 is 0 Å². The Bertz CT molecular complexity index is 1160. The minimum atomic E-state index is -0.0394. The average Bonchev–Trinajstić information content (AvgIpc) is 3.59. The number of thiophene rings is 1. The third-order valence-electron chi connectivity index (χ3n) is 6.17. The molecule has 5 rings (SSSR count). The fourth-order valence-electron chi connectivity index (χ4n) is 4.34. The Kier molecular flexibility index (Phi) is 6.05. The molecule has 0 spiro atoms. The second-order valence-electron chi connectivity index (χ2n) is 8.31. The van der Waals surface area contributed by atoms with Crippen molar-refractivity contribution in [3.8, 4) is 10.6 Å². The Morgan fingerprint density at radius 3 is 2.78 bits per heavy atom. The molecule has 0 aromatic carbocycles. The summed E-state index contributed by atoms with van der Waals surface area (Å²) in [6, 6.07) is 10.1. The highest BCUT2D eigenvalue weighted by molar-refractivity contribution is 7.13. The summed E-state index contributed by atoms with van der Waals surface area (Å²) >= 11 is 1.68. The molecule has 166 valence electrons. The standard InChI is InChI=1S/C24H28N6OS/c1-2-17(15-31)27-22-12-23(28-18-9-10-20(25-13-18)21-8-5-11-32-21)30-24(29-22)19(14-26-30)16-6-3-4-7-16/h5,8-14,16-17,28,31H,2-4,6-7,15H2,1H3,(H,27,29)/t17-/m0/s1. The lowest BCUT2D eigenvalue weighted by molar-refractivity contribution is 0.271. The van der Waals surface area contributed by atoms with E-state index in [1.165, 1.54) is 31.2 Å². The van der Waals surface area contributed by atoms with Crippen LogP contribution in [-0.2, 0) is 0 Å². The normalized spacial score (nSPS) is 15.3. The van der Waals surface area contributed by atoms with Gasteiger partial charge < -0.3 is 15.7 Å². The van der Waals surface area contributed by atoms with Gasteiger partial charge in [-0.1, -0.05) is 25.8 Å². The minimum Gasteiger partial charge on any atom is -0.394 e. The number of hydrogen-bond donors (Lipinski definition) is 3. The number of fused-ring (bicyclic) bond motifs is 1. The van der Waals surface area contributed by atoms with Gasteiger partial charge in [0.25, 0.3) is 0 Å². The van der Waals surface area contributed by atoms with Gasteiger partial charge in [-0.05, 0) is 48.8 Å². The van der Waals surface area contributed by atoms with Gasteiger partial charge in [-0.25, -0.2) is 4.98 Å². The van der Waals surface area contributed by atoms with Crippen LogP contribution >= 0.6 is 11.3 Å². The maximum Gasteiger partial charge on any atom is 0.163 e. The highest BCUT2D eigenvalue weighted by Crippen LogP contribution is 2.37. The Hall–Kier alpha value is -2.97. The molecule has 8 heteroatoms. The second-order valence-corrected chi connectivity index (χ2v) is 9.26. The third-order valence-corrected chi connectivity index (χ3v) is 7.06. The molecule has 4 aromatic rings. The van der Waals surface area contributed by atoms with E-state index in [1.54, 1.807) is 11.3 Å². The number of aliphatic hydroxyl groups excluding tert-OH is 1. The van der Waals surface area contributed by atoms with E-state index >= 15 is 0 Å². The van der Waals surface area contributed by atoms with Crippen LogP contribution in [0.3, 0.4) is 0 Å². The van der Waals surface area contributed by atoms with Crippen LogP contribution in [0.4, 0.5) is 17.3 Å². The zero-order valence-corrected chi connectivity index (χ0v) is 19.0. The van der Waals surface area contributed by atoms with Crippen molar-refractivity contribution in [3.05, 3.63) is 53.7 Å². The lowest BCUT2D eigenvalue weighted by Gasteiger charge is -2.17. The molecule has 1 fully saturated rings. The first-order chi connectivity index (χ1) is 15.7. The molecule has 0 saturated heterocycles. The van der Waals surface area contributed by atoms with E-state index in [-0.39, 0.29) is 12.6 Å². The molecule has 0 radical (unpaired) electrons. The van der Waals surface area contributed by atoms with Crippen molar-refractivity contribution in [2.24, 2.45) is 0 Å². The number of aliphatic hydroxyl groups is 1. The lowest BCUT2D eigenvalue weighted by atomic mass is 10.0. The predicted molar refractivity (Wildman–Crippen MR) is 130 cm³/mol. The molecular formula is C24H28N6OS. The van der Waals surface area contributed by atoms with Crippen molar-refractivity contribution in [1.82, 2.24) is 19.6 Å². The van der Waals surface area contributed by atoms with Gasteiger partial charge in [0.2, 0.25) is 0 Å². The van der Waals surface area contributed by atoms with E-state index < -0.39 is 0 Å². The number of nitrogens with zero attached hydrogens (tertiary/aromatic N) is 4. The zero-order chi connectivity index (χ0) is 21.9. The van der Waals surface area contributed by atoms with E-state index in [4.69, 9.17) is 4.98 Å². The van der Waals surface area contributed by atoms with Crippen LogP contribution in [0.2, 0.25) is 0 Å². The molecule has 3 N–H and O–H groups in total. The fourth-order valence-corrected chi connectivity index (χ4v) is 5.04. The summed E-state index contributed by atoms with van der Waals surface area (Å²) in [7, 11) is 0. The number of anilines is 3. The van der Waals surface area contributed by atoms with Gasteiger partial charge in [-0.15, -0.1) is 11.3 Å². The van der Waals surface area contributed by atoms with E-state index in [1.807, 2.05) is 41.2 Å². The quantitative estimate of drug-likeness (QED) is 0.333. The summed E-state index contributed by atoms with van der Waals surface area (Å²) in [6.45, 7) is 2.12. The fraction of sp³-hybridized carbons (Fsp3) is 0.375. The van der Waals surface area contributed by atoms with Gasteiger partial charge in [0.05, 0.1) is 41.3 Å². The second kappa shape index (κ2) is 9.26. The molecule has 7 nitrogen and oxygen atoms in total. The topological polar surface area (TPSA) is 87.4 Å². The number of rotatable bonds is 8. The summed E-state index contributed by atoms with van der Waals surface area (Å²) < 4.78 is 1.88. The molecule has 0 aliphatic heterocycles. The van der Waals surface area contributed by atoms with Crippen LogP contribution in [-0.4, -0.2) is 37.3 Å². The van der Waals surface area contributed by atoms with Crippen LogP contribution < -0.4 is 10.6 Å². The van der Waals surface area contributed by atoms with Crippen molar-refractivity contribution >= 4 is 34.3 Å². The number of pyridine rings is 1. The van der Waals surface area contributed by atoms with Gasteiger partial charge in [0.1, 0.15) is 11.6 Å². The summed E-state index contributed by atoms with van der Waals surface area (Å²) in [5.41, 5.74) is 3.93. The highest BCUT2D eigenvalue weighted by atomic mass is 32.1. The molecule has 1 atom stereocenters. The van der Waals surface area contributed by atoms with Crippen LogP contribution in [0.25, 0.3) is 16.2 Å². The van der Waals surface area contributed by atoms with Crippen LogP contribution in [0.5, 0.6) is 0 Å². The Morgan fingerprint density at radius 1 is 1.22 bits per heavy atom. The van der Waals surface area contributed by atoms with Crippen LogP contribution in [0.15, 0.2) is 48.1 Å². The van der Waals surface area contributed by atoms with E-state index in [2.05, 4.69) is 39.1 Å². The zero-order valence-electron chi connectivity index (χ0n) is 18.2. The summed E-state index contributed by atoms with van der Waals surface area (Å²) in [5, 5.41) is 23.2. The Balaban J connectivity index is 1.50. The van der Waals surface area contributed by atoms with Gasteiger partial charge in [-0.2, -0.15) is 9.61 Å². The van der Waals surface area contributed by atoms with Crippen molar-refractivity contribution in [2.75, 3.05) is 17.2 Å². The first kappa shape index (κ1) is 20.9. The van der Waals surface area contributed by atoms with Crippen molar-refractivity contribution in [3.63, 3.8) is 0 Å². The SMILES string of the molecule is CC[C@@H](CO)Nc1cc(Nc2ccc(-c3cccs3)nc2)n2ncc(C3CCCC3)c2n1. The van der Waals surface area contributed by atoms with Crippen LogP contribution in [0, 0.1) is 0 Å². The minimum absolute atomic E-state index is 0.0394. The summed E-state index contributed by atoms with van der Waals surface area (Å²) in [5.74, 6) is 2.07. The highest BCUT2D eigenvalue weighted by Gasteiger charge is 2.23. The number of hydrogen-bond acceptors (Lipinski definition) is 7. The molecular weight excluding hydrogens is 420 g/mol. The maximum atomic E-state index is 9.67. The largest absolute Gasteiger partial charge is 0.394 e. The first-order valence-electron chi connectivity index (χ1n) is 11.3. The van der Waals surface area contributed by atoms with Gasteiger partial charge in [0.15, 0.2) is 5.65 Å². The van der Waals surface area contributed by atoms with Crippen molar-refractivity contribution in [2.45, 2.75) is 51.0 Å². The number of nitrogens with one attached hydrogen (secondary N) is 2. The predicted octanol–water partition coefficient (Wildman–Crippen LogP) is 5.44. The van der Waals surface area contributed by atoms with Gasteiger partial charge in [-0.3, -0.25) is 4.98 Å².